The second kappa shape index (κ2) is 8.05. The van der Waals surface area contributed by atoms with Crippen molar-refractivity contribution in [3.8, 4) is 11.5 Å². The van der Waals surface area contributed by atoms with Gasteiger partial charge in [0, 0.05) is 11.6 Å². The number of esters is 1. The maximum Gasteiger partial charge on any atom is 0.344 e. The minimum Gasteiger partial charge on any atom is -0.482 e. The van der Waals surface area contributed by atoms with Crippen LogP contribution in [0.4, 0.5) is 4.39 Å². The first-order chi connectivity index (χ1) is 13.0. The Kier molecular flexibility index (Phi) is 5.57. The van der Waals surface area contributed by atoms with Crippen LogP contribution in [0.3, 0.4) is 0 Å². The Bertz CT molecular complexity index is 931. The van der Waals surface area contributed by atoms with E-state index in [0.29, 0.717) is 11.3 Å². The lowest BCUT2D eigenvalue weighted by atomic mass is 10.1. The highest BCUT2D eigenvalue weighted by molar-refractivity contribution is 6.32. The largest absolute Gasteiger partial charge is 0.482 e. The second-order valence-electron chi connectivity index (χ2n) is 5.49. The van der Waals surface area contributed by atoms with Crippen molar-refractivity contribution in [2.45, 2.75) is 0 Å². The number of hydrogen-bond acceptors (Lipinski definition) is 5. The maximum absolute atomic E-state index is 13.9. The van der Waals surface area contributed by atoms with Crippen molar-refractivity contribution >= 4 is 29.4 Å². The van der Waals surface area contributed by atoms with Crippen LogP contribution in [0.1, 0.15) is 15.9 Å². The number of Topliss-reactive ketones (excluding diaryl/α,β-unsaturated/α-hetero) is 1. The van der Waals surface area contributed by atoms with E-state index in [-0.39, 0.29) is 35.3 Å². The molecule has 3 rings (SSSR count). The lowest BCUT2D eigenvalue weighted by molar-refractivity contribution is -0.144. The number of carbonyl (C=O) groups excluding carboxylic acids is 2. The van der Waals surface area contributed by atoms with Crippen molar-refractivity contribution in [1.29, 1.82) is 0 Å². The molecule has 0 aliphatic carbocycles. The molecule has 138 valence electrons. The van der Waals surface area contributed by atoms with Crippen LogP contribution in [-0.2, 0) is 9.53 Å². The summed E-state index contributed by atoms with van der Waals surface area (Å²) >= 11 is 5.98. The van der Waals surface area contributed by atoms with Crippen molar-refractivity contribution in [3.63, 3.8) is 0 Å². The van der Waals surface area contributed by atoms with Gasteiger partial charge in [-0.2, -0.15) is 0 Å². The molecule has 0 atom stereocenters. The van der Waals surface area contributed by atoms with E-state index in [1.807, 2.05) is 0 Å². The zero-order valence-electron chi connectivity index (χ0n) is 14.0. The SMILES string of the molecule is C=CCOC(=O)COc1ccc2c(c1)O/C(=C/c1c(F)cccc1Cl)C2=O. The van der Waals surface area contributed by atoms with Gasteiger partial charge < -0.3 is 14.2 Å². The van der Waals surface area contributed by atoms with Crippen molar-refractivity contribution < 1.29 is 28.2 Å². The number of rotatable bonds is 6. The van der Waals surface area contributed by atoms with E-state index in [4.69, 9.17) is 25.8 Å². The van der Waals surface area contributed by atoms with Crippen molar-refractivity contribution in [2.75, 3.05) is 13.2 Å². The summed E-state index contributed by atoms with van der Waals surface area (Å²) in [4.78, 5) is 23.9. The molecule has 1 aliphatic heterocycles. The standard InChI is InChI=1S/C20H14ClFO5/c1-2-8-25-19(23)11-26-12-6-7-13-17(9-12)27-18(20(13)24)10-14-15(21)4-3-5-16(14)22/h2-7,9-10H,1,8,11H2/b18-10+. The average Bonchev–Trinajstić information content (AvgIpc) is 2.96. The van der Waals surface area contributed by atoms with Crippen molar-refractivity contribution in [1.82, 2.24) is 0 Å². The number of fused-ring (bicyclic) bond motifs is 1. The summed E-state index contributed by atoms with van der Waals surface area (Å²) < 4.78 is 29.6. The van der Waals surface area contributed by atoms with E-state index in [2.05, 4.69) is 6.58 Å². The molecule has 0 bridgehead atoms. The Morgan fingerprint density at radius 3 is 2.85 bits per heavy atom. The molecule has 0 aromatic heterocycles. The van der Waals surface area contributed by atoms with Crippen LogP contribution in [0.2, 0.25) is 5.02 Å². The van der Waals surface area contributed by atoms with E-state index in [9.17, 15) is 14.0 Å². The molecule has 7 heteroatoms. The smallest absolute Gasteiger partial charge is 0.344 e. The van der Waals surface area contributed by atoms with E-state index in [0.717, 1.165) is 0 Å². The van der Waals surface area contributed by atoms with Gasteiger partial charge in [0.15, 0.2) is 12.4 Å². The van der Waals surface area contributed by atoms with Crippen LogP contribution in [0, 0.1) is 5.82 Å². The summed E-state index contributed by atoms with van der Waals surface area (Å²) in [6.07, 6.45) is 2.70. The summed E-state index contributed by atoms with van der Waals surface area (Å²) in [7, 11) is 0. The minimum atomic E-state index is -0.565. The number of allylic oxidation sites excluding steroid dienone is 1. The van der Waals surface area contributed by atoms with Gasteiger partial charge in [-0.3, -0.25) is 4.79 Å². The van der Waals surface area contributed by atoms with E-state index in [1.165, 1.54) is 48.6 Å². The zero-order valence-corrected chi connectivity index (χ0v) is 14.8. The molecular weight excluding hydrogens is 375 g/mol. The lowest BCUT2D eigenvalue weighted by Gasteiger charge is -2.06. The Labute approximate surface area is 159 Å². The third kappa shape index (κ3) is 4.17. The highest BCUT2D eigenvalue weighted by Crippen LogP contribution is 2.35. The Balaban J connectivity index is 1.76. The topological polar surface area (TPSA) is 61.8 Å². The van der Waals surface area contributed by atoms with E-state index < -0.39 is 17.6 Å². The second-order valence-corrected chi connectivity index (χ2v) is 5.90. The van der Waals surface area contributed by atoms with Gasteiger partial charge in [-0.1, -0.05) is 30.3 Å². The van der Waals surface area contributed by atoms with Gasteiger partial charge >= 0.3 is 5.97 Å². The highest BCUT2D eigenvalue weighted by Gasteiger charge is 2.28. The Morgan fingerprint density at radius 2 is 2.11 bits per heavy atom. The molecule has 5 nitrogen and oxygen atoms in total. The molecule has 0 spiro atoms. The molecule has 2 aromatic rings. The normalized spacial score (nSPS) is 13.9. The summed E-state index contributed by atoms with van der Waals surface area (Å²) in [5.74, 6) is -1.01. The van der Waals surface area contributed by atoms with Gasteiger partial charge in [0.05, 0.1) is 10.6 Å². The monoisotopic (exact) mass is 388 g/mol. The Hall–Kier alpha value is -3.12. The molecule has 1 heterocycles. The first-order valence-corrected chi connectivity index (χ1v) is 8.29. The van der Waals surface area contributed by atoms with Gasteiger partial charge in [0.2, 0.25) is 5.78 Å². The number of hydrogen-bond donors (Lipinski definition) is 0. The summed E-state index contributed by atoms with van der Waals surface area (Å²) in [5.41, 5.74) is 0.368. The van der Waals surface area contributed by atoms with E-state index >= 15 is 0 Å². The number of halogens is 2. The molecule has 0 radical (unpaired) electrons. The quantitative estimate of drug-likeness (QED) is 0.421. The molecular formula is C20H14ClFO5. The molecule has 2 aromatic carbocycles. The fourth-order valence-electron chi connectivity index (χ4n) is 2.37. The van der Waals surface area contributed by atoms with Gasteiger partial charge in [-0.15, -0.1) is 0 Å². The third-order valence-electron chi connectivity index (χ3n) is 3.64. The molecule has 0 amide bonds. The minimum absolute atomic E-state index is 0.0560. The van der Waals surface area contributed by atoms with Crippen LogP contribution in [0.15, 0.2) is 54.8 Å². The van der Waals surface area contributed by atoms with E-state index in [1.54, 1.807) is 0 Å². The van der Waals surface area contributed by atoms with Crippen LogP contribution >= 0.6 is 11.6 Å². The van der Waals surface area contributed by atoms with Gasteiger partial charge in [-0.05, 0) is 30.3 Å². The lowest BCUT2D eigenvalue weighted by Crippen LogP contribution is -2.14. The number of ketones is 1. The van der Waals surface area contributed by atoms with Crippen LogP contribution in [-0.4, -0.2) is 25.0 Å². The first-order valence-electron chi connectivity index (χ1n) is 7.91. The Morgan fingerprint density at radius 1 is 1.30 bits per heavy atom. The number of benzene rings is 2. The molecule has 0 saturated carbocycles. The van der Waals surface area contributed by atoms with Gasteiger partial charge in [-0.25, -0.2) is 9.18 Å². The molecule has 1 aliphatic rings. The molecule has 27 heavy (non-hydrogen) atoms. The number of ether oxygens (including phenoxy) is 3. The van der Waals surface area contributed by atoms with Crippen molar-refractivity contribution in [3.05, 3.63) is 76.8 Å². The van der Waals surface area contributed by atoms with Crippen LogP contribution in [0.25, 0.3) is 6.08 Å². The van der Waals surface area contributed by atoms with Crippen LogP contribution in [0.5, 0.6) is 11.5 Å². The van der Waals surface area contributed by atoms with Crippen LogP contribution < -0.4 is 9.47 Å². The summed E-state index contributed by atoms with van der Waals surface area (Å²) in [6.45, 7) is 3.24. The van der Waals surface area contributed by atoms with Crippen molar-refractivity contribution in [2.24, 2.45) is 0 Å². The van der Waals surface area contributed by atoms with Gasteiger partial charge in [0.1, 0.15) is 23.9 Å². The molecule has 0 saturated heterocycles. The van der Waals surface area contributed by atoms with Gasteiger partial charge in [0.25, 0.3) is 0 Å². The fraction of sp³-hybridized carbons (Fsp3) is 0.100. The molecule has 0 N–H and O–H groups in total. The maximum atomic E-state index is 13.9. The predicted octanol–water partition coefficient (Wildman–Crippen LogP) is 4.20. The summed E-state index contributed by atoms with van der Waals surface area (Å²) in [5, 5.41) is 0.164. The first kappa shape index (κ1) is 18.7. The third-order valence-corrected chi connectivity index (χ3v) is 3.96. The predicted molar refractivity (Wildman–Crippen MR) is 97.4 cm³/mol. The highest BCUT2D eigenvalue weighted by atomic mass is 35.5. The average molecular weight is 389 g/mol. The zero-order chi connectivity index (χ0) is 19.4. The molecule has 0 unspecified atom stereocenters. The molecule has 0 fully saturated rings. The summed E-state index contributed by atoms with van der Waals surface area (Å²) in [6, 6.07) is 8.72. The number of carbonyl (C=O) groups is 2. The fourth-order valence-corrected chi connectivity index (χ4v) is 2.59.